The van der Waals surface area contributed by atoms with Crippen LogP contribution in [0.1, 0.15) is 24.3 Å². The molecule has 1 unspecified atom stereocenters. The van der Waals surface area contributed by atoms with Gasteiger partial charge in [0.05, 0.1) is 6.54 Å². The molecule has 1 aliphatic heterocycles. The zero-order valence-electron chi connectivity index (χ0n) is 9.65. The first-order chi connectivity index (χ1) is 7.50. The van der Waals surface area contributed by atoms with Crippen LogP contribution in [-0.2, 0) is 0 Å². The molecule has 88 valence electrons. The largest absolute Gasteiger partial charge is 0.485 e. The number of hydrogen-bond acceptors (Lipinski definition) is 3. The molecule has 0 aromatic carbocycles. The van der Waals surface area contributed by atoms with Gasteiger partial charge >= 0.3 is 5.97 Å². The van der Waals surface area contributed by atoms with E-state index in [1.165, 1.54) is 0 Å². The highest BCUT2D eigenvalue weighted by molar-refractivity contribution is 5.94. The summed E-state index contributed by atoms with van der Waals surface area (Å²) in [5.74, 6) is 0.0725. The second kappa shape index (κ2) is 3.73. The molecule has 16 heavy (non-hydrogen) atoms. The summed E-state index contributed by atoms with van der Waals surface area (Å²) in [6.45, 7) is 4.89. The van der Waals surface area contributed by atoms with Gasteiger partial charge in [-0.1, -0.05) is 13.8 Å². The summed E-state index contributed by atoms with van der Waals surface area (Å²) in [4.78, 5) is 15.7. The molecule has 0 spiro atoms. The van der Waals surface area contributed by atoms with Crippen LogP contribution in [0.5, 0.6) is 5.75 Å². The van der Waals surface area contributed by atoms with Crippen LogP contribution in [0.3, 0.4) is 0 Å². The quantitative estimate of drug-likeness (QED) is 0.800. The summed E-state index contributed by atoms with van der Waals surface area (Å²) in [7, 11) is 1.89. The van der Waals surface area contributed by atoms with Crippen LogP contribution < -0.4 is 9.64 Å². The Morgan fingerprint density at radius 3 is 2.94 bits per heavy atom. The summed E-state index contributed by atoms with van der Waals surface area (Å²) in [5, 5.41) is 9.01. The van der Waals surface area contributed by atoms with E-state index in [2.05, 4.69) is 18.8 Å². The predicted molar refractivity (Wildman–Crippen MR) is 60.3 cm³/mol. The Labute approximate surface area is 94.0 Å². The molecule has 0 fully saturated rings. The van der Waals surface area contributed by atoms with Crippen LogP contribution in [-0.4, -0.2) is 35.8 Å². The first-order valence-corrected chi connectivity index (χ1v) is 5.33. The van der Waals surface area contributed by atoms with Crippen LogP contribution in [0.2, 0.25) is 0 Å². The van der Waals surface area contributed by atoms with Crippen molar-refractivity contribution in [2.45, 2.75) is 20.0 Å². The van der Waals surface area contributed by atoms with Crippen molar-refractivity contribution >= 4 is 11.7 Å². The molecule has 1 aliphatic rings. The van der Waals surface area contributed by atoms with E-state index in [1.54, 1.807) is 6.20 Å². The van der Waals surface area contributed by atoms with E-state index in [0.717, 1.165) is 0 Å². The second-order valence-electron chi connectivity index (χ2n) is 4.46. The molecule has 0 radical (unpaired) electrons. The van der Waals surface area contributed by atoms with Crippen molar-refractivity contribution in [2.24, 2.45) is 5.92 Å². The van der Waals surface area contributed by atoms with Crippen molar-refractivity contribution in [1.29, 1.82) is 0 Å². The lowest BCUT2D eigenvalue weighted by atomic mass is 10.1. The summed E-state index contributed by atoms with van der Waals surface area (Å²) < 4.78 is 5.76. The van der Waals surface area contributed by atoms with E-state index in [4.69, 9.17) is 9.84 Å². The molecular formula is C11H16N2O3. The summed E-state index contributed by atoms with van der Waals surface area (Å²) in [6.07, 6.45) is 1.72. The average molecular weight is 224 g/mol. The maximum absolute atomic E-state index is 11.0. The third-order valence-electron chi connectivity index (χ3n) is 2.89. The number of hydrogen-bond donors (Lipinski definition) is 2. The molecule has 5 heteroatoms. The molecule has 0 amide bonds. The van der Waals surface area contributed by atoms with Crippen molar-refractivity contribution in [1.82, 2.24) is 4.98 Å². The maximum Gasteiger partial charge on any atom is 0.354 e. The predicted octanol–water partition coefficient (Wildman–Crippen LogP) is 1.57. The molecule has 2 rings (SSSR count). The van der Waals surface area contributed by atoms with Crippen LogP contribution in [0.15, 0.2) is 6.20 Å². The number of fused-ring (bicyclic) bond motifs is 1. The van der Waals surface area contributed by atoms with Gasteiger partial charge in [0.1, 0.15) is 11.8 Å². The fraction of sp³-hybridized carbons (Fsp3) is 0.545. The first kappa shape index (κ1) is 10.9. The SMILES string of the molecule is CC(C)C1CN(C)c2c(c[nH]c2C(=O)O)O1. The second-order valence-corrected chi connectivity index (χ2v) is 4.46. The van der Waals surface area contributed by atoms with E-state index in [-0.39, 0.29) is 11.8 Å². The van der Waals surface area contributed by atoms with Gasteiger partial charge in [-0.05, 0) is 5.92 Å². The van der Waals surface area contributed by atoms with Gasteiger partial charge in [0.25, 0.3) is 0 Å². The third kappa shape index (κ3) is 1.62. The number of H-pyrrole nitrogens is 1. The number of aromatic nitrogens is 1. The normalized spacial score (nSPS) is 19.5. The fourth-order valence-corrected chi connectivity index (χ4v) is 1.94. The van der Waals surface area contributed by atoms with Crippen molar-refractivity contribution in [3.63, 3.8) is 0 Å². The summed E-state index contributed by atoms with van der Waals surface area (Å²) in [5.41, 5.74) is 0.837. The Balaban J connectivity index is 2.36. The Bertz CT molecular complexity index is 411. The number of rotatable bonds is 2. The van der Waals surface area contributed by atoms with Gasteiger partial charge in [-0.2, -0.15) is 0 Å². The monoisotopic (exact) mass is 224 g/mol. The number of ether oxygens (including phenoxy) is 1. The number of carbonyl (C=O) groups is 1. The standard InChI is InChI=1S/C11H16N2O3/c1-6(2)8-5-13(3)10-7(16-8)4-12-9(10)11(14)15/h4,6,8,12H,5H2,1-3H3,(H,14,15). The van der Waals surface area contributed by atoms with Crippen molar-refractivity contribution in [2.75, 3.05) is 18.5 Å². The number of carboxylic acids is 1. The van der Waals surface area contributed by atoms with E-state index >= 15 is 0 Å². The molecule has 1 aromatic heterocycles. The first-order valence-electron chi connectivity index (χ1n) is 5.33. The highest BCUT2D eigenvalue weighted by Crippen LogP contribution is 2.37. The molecule has 2 N–H and O–H groups in total. The minimum atomic E-state index is -0.959. The van der Waals surface area contributed by atoms with Gasteiger partial charge in [0.2, 0.25) is 0 Å². The van der Waals surface area contributed by atoms with Gasteiger partial charge in [0.15, 0.2) is 11.4 Å². The van der Waals surface area contributed by atoms with Crippen molar-refractivity contribution < 1.29 is 14.6 Å². The average Bonchev–Trinajstić information content (AvgIpc) is 2.61. The number of anilines is 1. The van der Waals surface area contributed by atoms with Gasteiger partial charge in [-0.15, -0.1) is 0 Å². The number of aromatic carboxylic acids is 1. The van der Waals surface area contributed by atoms with Gasteiger partial charge in [-0.3, -0.25) is 0 Å². The lowest BCUT2D eigenvalue weighted by molar-refractivity contribution is 0.0690. The molecule has 0 saturated heterocycles. The smallest absolute Gasteiger partial charge is 0.354 e. The van der Waals surface area contributed by atoms with Crippen molar-refractivity contribution in [3.8, 4) is 5.75 Å². The van der Waals surface area contributed by atoms with Gasteiger partial charge < -0.3 is 19.7 Å². The Kier molecular flexibility index (Phi) is 2.53. The van der Waals surface area contributed by atoms with Crippen LogP contribution in [0, 0.1) is 5.92 Å². The van der Waals surface area contributed by atoms with E-state index < -0.39 is 5.97 Å². The molecule has 1 aromatic rings. The number of nitrogens with zero attached hydrogens (tertiary/aromatic N) is 1. The van der Waals surface area contributed by atoms with Gasteiger partial charge in [-0.25, -0.2) is 4.79 Å². The molecule has 0 aliphatic carbocycles. The minimum absolute atomic E-state index is 0.106. The number of nitrogens with one attached hydrogen (secondary N) is 1. The number of carboxylic acid groups (broad SMARTS) is 1. The molecular weight excluding hydrogens is 208 g/mol. The van der Waals surface area contributed by atoms with Crippen LogP contribution in [0.25, 0.3) is 0 Å². The molecule has 5 nitrogen and oxygen atoms in total. The Morgan fingerprint density at radius 2 is 2.38 bits per heavy atom. The highest BCUT2D eigenvalue weighted by Gasteiger charge is 2.30. The highest BCUT2D eigenvalue weighted by atomic mass is 16.5. The topological polar surface area (TPSA) is 65.6 Å². The molecule has 0 bridgehead atoms. The maximum atomic E-state index is 11.0. The minimum Gasteiger partial charge on any atom is -0.485 e. The molecule has 0 saturated carbocycles. The van der Waals surface area contributed by atoms with Crippen LogP contribution in [0.4, 0.5) is 5.69 Å². The van der Waals surface area contributed by atoms with Gasteiger partial charge in [0, 0.05) is 13.2 Å². The van der Waals surface area contributed by atoms with E-state index in [9.17, 15) is 4.79 Å². The zero-order chi connectivity index (χ0) is 11.9. The lowest BCUT2D eigenvalue weighted by Crippen LogP contribution is -2.40. The third-order valence-corrected chi connectivity index (χ3v) is 2.89. The number of aromatic amines is 1. The summed E-state index contributed by atoms with van der Waals surface area (Å²) in [6, 6.07) is 0. The zero-order valence-corrected chi connectivity index (χ0v) is 9.65. The number of likely N-dealkylation sites (N-methyl/N-ethyl adjacent to an activating group) is 1. The molecule has 1 atom stereocenters. The lowest BCUT2D eigenvalue weighted by Gasteiger charge is -2.34. The van der Waals surface area contributed by atoms with E-state index in [0.29, 0.717) is 23.9 Å². The van der Waals surface area contributed by atoms with Crippen LogP contribution >= 0.6 is 0 Å². The summed E-state index contributed by atoms with van der Waals surface area (Å²) >= 11 is 0. The Hall–Kier alpha value is -1.65. The Morgan fingerprint density at radius 1 is 1.69 bits per heavy atom. The molecule has 2 heterocycles. The van der Waals surface area contributed by atoms with E-state index in [1.807, 2.05) is 11.9 Å². The van der Waals surface area contributed by atoms with Crippen molar-refractivity contribution in [3.05, 3.63) is 11.9 Å². The fourth-order valence-electron chi connectivity index (χ4n) is 1.94.